The van der Waals surface area contributed by atoms with Gasteiger partial charge in [0.25, 0.3) is 5.91 Å². The second-order valence-electron chi connectivity index (χ2n) is 5.49. The fourth-order valence-corrected chi connectivity index (χ4v) is 1.93. The molecule has 1 amide bonds. The van der Waals surface area contributed by atoms with E-state index in [1.54, 1.807) is 18.2 Å². The topological polar surface area (TPSA) is 84.7 Å². The van der Waals surface area contributed by atoms with Crippen molar-refractivity contribution in [2.75, 3.05) is 37.9 Å². The summed E-state index contributed by atoms with van der Waals surface area (Å²) >= 11 is 0. The van der Waals surface area contributed by atoms with Crippen LogP contribution in [0.2, 0.25) is 0 Å². The molecule has 0 heterocycles. The van der Waals surface area contributed by atoms with Crippen molar-refractivity contribution < 1.29 is 14.3 Å². The fourth-order valence-electron chi connectivity index (χ4n) is 1.93. The molecule has 0 atom stereocenters. The number of hydrogen-bond acceptors (Lipinski definition) is 5. The maximum Gasteiger partial charge on any atom is 0.338 e. The molecule has 1 aromatic carbocycles. The quantitative estimate of drug-likeness (QED) is 0.604. The average Bonchev–Trinajstić information content (AvgIpc) is 3.26. The van der Waals surface area contributed by atoms with E-state index in [0.29, 0.717) is 23.7 Å². The summed E-state index contributed by atoms with van der Waals surface area (Å²) in [6.07, 6.45) is 2.33. The molecule has 0 spiro atoms. The highest BCUT2D eigenvalue weighted by atomic mass is 16.5. The number of nitrogens with two attached hydrogens (primary N) is 1. The molecule has 1 aliphatic carbocycles. The van der Waals surface area contributed by atoms with Crippen LogP contribution in [0.25, 0.3) is 0 Å². The van der Waals surface area contributed by atoms with Gasteiger partial charge in [0.15, 0.2) is 6.61 Å². The minimum absolute atomic E-state index is 0.263. The van der Waals surface area contributed by atoms with E-state index >= 15 is 0 Å². The number of carbonyl (C=O) groups is 2. The molecule has 0 unspecified atom stereocenters. The van der Waals surface area contributed by atoms with Crippen LogP contribution in [0.15, 0.2) is 18.2 Å². The first-order chi connectivity index (χ1) is 9.97. The highest BCUT2D eigenvalue weighted by Crippen LogP contribution is 2.27. The third kappa shape index (κ3) is 4.37. The molecule has 0 aliphatic heterocycles. The summed E-state index contributed by atoms with van der Waals surface area (Å²) in [6.45, 7) is 0.405. The Morgan fingerprint density at radius 1 is 1.38 bits per heavy atom. The third-order valence-corrected chi connectivity index (χ3v) is 3.36. The Morgan fingerprint density at radius 3 is 2.67 bits per heavy atom. The minimum atomic E-state index is -0.548. The standard InChI is InChI=1S/C15H21N3O3/c1-18(2)13-6-5-11(7-12(13)16)15(20)21-9-14(19)17-8-10-3-4-10/h5-7,10H,3-4,8-9,16H2,1-2H3,(H,17,19). The molecular formula is C15H21N3O3. The monoisotopic (exact) mass is 291 g/mol. The van der Waals surface area contributed by atoms with E-state index in [1.165, 1.54) is 0 Å². The lowest BCUT2D eigenvalue weighted by molar-refractivity contribution is -0.124. The summed E-state index contributed by atoms with van der Waals surface area (Å²) in [5, 5.41) is 2.74. The molecule has 1 fully saturated rings. The van der Waals surface area contributed by atoms with Crippen LogP contribution in [-0.2, 0) is 9.53 Å². The zero-order chi connectivity index (χ0) is 15.4. The number of nitrogens with one attached hydrogen (secondary N) is 1. The Labute approximate surface area is 124 Å². The Kier molecular flexibility index (Phi) is 4.67. The average molecular weight is 291 g/mol. The molecule has 3 N–H and O–H groups in total. The van der Waals surface area contributed by atoms with Crippen LogP contribution in [0.4, 0.5) is 11.4 Å². The summed E-state index contributed by atoms with van der Waals surface area (Å²) in [4.78, 5) is 25.2. The highest BCUT2D eigenvalue weighted by molar-refractivity contribution is 5.93. The first-order valence-corrected chi connectivity index (χ1v) is 6.98. The predicted molar refractivity (Wildman–Crippen MR) is 81.2 cm³/mol. The number of ether oxygens (including phenoxy) is 1. The molecule has 0 bridgehead atoms. The molecule has 1 aliphatic rings. The molecule has 114 valence electrons. The normalized spacial score (nSPS) is 13.6. The van der Waals surface area contributed by atoms with E-state index < -0.39 is 5.97 Å². The number of carbonyl (C=O) groups excluding carboxylic acids is 2. The minimum Gasteiger partial charge on any atom is -0.452 e. The van der Waals surface area contributed by atoms with Crippen molar-refractivity contribution in [1.82, 2.24) is 5.32 Å². The van der Waals surface area contributed by atoms with Gasteiger partial charge in [0.1, 0.15) is 0 Å². The zero-order valence-corrected chi connectivity index (χ0v) is 12.4. The second-order valence-corrected chi connectivity index (χ2v) is 5.49. The Hall–Kier alpha value is -2.24. The van der Waals surface area contributed by atoms with E-state index in [2.05, 4.69) is 5.32 Å². The molecule has 21 heavy (non-hydrogen) atoms. The van der Waals surface area contributed by atoms with Crippen molar-refractivity contribution in [2.24, 2.45) is 5.92 Å². The highest BCUT2D eigenvalue weighted by Gasteiger charge is 2.21. The van der Waals surface area contributed by atoms with Crippen molar-refractivity contribution in [2.45, 2.75) is 12.8 Å². The maximum absolute atomic E-state index is 11.9. The lowest BCUT2D eigenvalue weighted by Crippen LogP contribution is -2.30. The Balaban J connectivity index is 1.84. The van der Waals surface area contributed by atoms with Crippen LogP contribution >= 0.6 is 0 Å². The van der Waals surface area contributed by atoms with Gasteiger partial charge >= 0.3 is 5.97 Å². The van der Waals surface area contributed by atoms with Gasteiger partial charge in [-0.15, -0.1) is 0 Å². The van der Waals surface area contributed by atoms with Gasteiger partial charge < -0.3 is 20.7 Å². The molecular weight excluding hydrogens is 270 g/mol. The lowest BCUT2D eigenvalue weighted by Gasteiger charge is -2.15. The number of rotatable bonds is 6. The third-order valence-electron chi connectivity index (χ3n) is 3.36. The van der Waals surface area contributed by atoms with E-state index in [-0.39, 0.29) is 12.5 Å². The number of nitrogens with zero attached hydrogens (tertiary/aromatic N) is 1. The van der Waals surface area contributed by atoms with Crippen LogP contribution in [0, 0.1) is 5.92 Å². The van der Waals surface area contributed by atoms with Crippen LogP contribution in [0.1, 0.15) is 23.2 Å². The summed E-state index contributed by atoms with van der Waals surface area (Å²) < 4.78 is 4.98. The summed E-state index contributed by atoms with van der Waals surface area (Å²) in [6, 6.07) is 4.94. The molecule has 0 saturated heterocycles. The molecule has 0 radical (unpaired) electrons. The van der Waals surface area contributed by atoms with Gasteiger partial charge in [0, 0.05) is 20.6 Å². The maximum atomic E-state index is 11.9. The number of hydrogen-bond donors (Lipinski definition) is 2. The number of anilines is 2. The van der Waals surface area contributed by atoms with Crippen LogP contribution in [-0.4, -0.2) is 39.1 Å². The molecule has 6 nitrogen and oxygen atoms in total. The van der Waals surface area contributed by atoms with E-state index in [1.807, 2.05) is 19.0 Å². The van der Waals surface area contributed by atoms with Crippen molar-refractivity contribution in [3.8, 4) is 0 Å². The lowest BCUT2D eigenvalue weighted by atomic mass is 10.1. The first kappa shape index (κ1) is 15.2. The van der Waals surface area contributed by atoms with Gasteiger partial charge in [-0.1, -0.05) is 0 Å². The number of nitrogen functional groups attached to an aromatic ring is 1. The van der Waals surface area contributed by atoms with Gasteiger partial charge in [-0.05, 0) is 37.0 Å². The number of benzene rings is 1. The zero-order valence-electron chi connectivity index (χ0n) is 12.4. The van der Waals surface area contributed by atoms with Gasteiger partial charge in [-0.25, -0.2) is 4.79 Å². The Bertz CT molecular complexity index is 539. The molecule has 6 heteroatoms. The predicted octanol–water partition coefficient (Wildman–Crippen LogP) is 1.02. The summed E-state index contributed by atoms with van der Waals surface area (Å²) in [5.74, 6) is -0.218. The van der Waals surface area contributed by atoms with Crippen molar-refractivity contribution in [3.05, 3.63) is 23.8 Å². The molecule has 1 saturated carbocycles. The van der Waals surface area contributed by atoms with E-state index in [9.17, 15) is 9.59 Å². The summed E-state index contributed by atoms with van der Waals surface area (Å²) in [5.41, 5.74) is 7.54. The van der Waals surface area contributed by atoms with E-state index in [4.69, 9.17) is 10.5 Å². The van der Waals surface area contributed by atoms with Gasteiger partial charge in [0.05, 0.1) is 16.9 Å². The molecule has 1 aromatic rings. The Morgan fingerprint density at radius 2 is 2.10 bits per heavy atom. The van der Waals surface area contributed by atoms with Gasteiger partial charge in [-0.2, -0.15) is 0 Å². The smallest absolute Gasteiger partial charge is 0.338 e. The van der Waals surface area contributed by atoms with Gasteiger partial charge in [-0.3, -0.25) is 4.79 Å². The second kappa shape index (κ2) is 6.47. The SMILES string of the molecule is CN(C)c1ccc(C(=O)OCC(=O)NCC2CC2)cc1N. The van der Waals surface area contributed by atoms with E-state index in [0.717, 1.165) is 18.5 Å². The van der Waals surface area contributed by atoms with Crippen LogP contribution in [0.3, 0.4) is 0 Å². The molecule has 2 rings (SSSR count). The van der Waals surface area contributed by atoms with Crippen LogP contribution < -0.4 is 16.0 Å². The van der Waals surface area contributed by atoms with Crippen molar-refractivity contribution in [1.29, 1.82) is 0 Å². The van der Waals surface area contributed by atoms with Gasteiger partial charge in [0.2, 0.25) is 0 Å². The fraction of sp³-hybridized carbons (Fsp3) is 0.467. The van der Waals surface area contributed by atoms with Crippen molar-refractivity contribution >= 4 is 23.3 Å². The number of amides is 1. The van der Waals surface area contributed by atoms with Crippen molar-refractivity contribution in [3.63, 3.8) is 0 Å². The van der Waals surface area contributed by atoms with Crippen LogP contribution in [0.5, 0.6) is 0 Å². The molecule has 0 aromatic heterocycles. The largest absolute Gasteiger partial charge is 0.452 e. The number of esters is 1. The first-order valence-electron chi connectivity index (χ1n) is 6.98. The summed E-state index contributed by atoms with van der Waals surface area (Å²) in [7, 11) is 3.74.